The number of hydrogen-bond acceptors (Lipinski definition) is 4. The van der Waals surface area contributed by atoms with Gasteiger partial charge in [-0.2, -0.15) is 0 Å². The Bertz CT molecular complexity index is 649. The van der Waals surface area contributed by atoms with E-state index in [1.165, 1.54) is 0 Å². The van der Waals surface area contributed by atoms with Gasteiger partial charge >= 0.3 is 0 Å². The number of carbonyl (C=O) groups is 1. The van der Waals surface area contributed by atoms with Crippen molar-refractivity contribution in [2.24, 2.45) is 0 Å². The number of halogens is 1. The van der Waals surface area contributed by atoms with E-state index in [2.05, 4.69) is 15.0 Å². The molecule has 0 radical (unpaired) electrons. The van der Waals surface area contributed by atoms with Gasteiger partial charge in [-0.3, -0.25) is 9.78 Å². The molecule has 0 N–H and O–H groups in total. The van der Waals surface area contributed by atoms with Gasteiger partial charge in [0.2, 0.25) is 5.82 Å². The van der Waals surface area contributed by atoms with Gasteiger partial charge in [-0.25, -0.2) is 9.97 Å². The first-order valence-electron chi connectivity index (χ1n) is 6.50. The second kappa shape index (κ2) is 5.77. The fourth-order valence-corrected chi connectivity index (χ4v) is 1.79. The highest BCUT2D eigenvalue weighted by Gasteiger charge is 2.25. The molecule has 0 aliphatic rings. The van der Waals surface area contributed by atoms with Crippen LogP contribution in [0, 0.1) is 0 Å². The first kappa shape index (κ1) is 15.4. The molecule has 0 atom stereocenters. The molecule has 0 aliphatic carbocycles. The molecule has 0 spiro atoms. The quantitative estimate of drug-likeness (QED) is 0.855. The van der Waals surface area contributed by atoms with Crippen molar-refractivity contribution in [1.29, 1.82) is 0 Å². The molecule has 2 rings (SSSR count). The summed E-state index contributed by atoms with van der Waals surface area (Å²) in [5, 5.41) is 0.542. The zero-order valence-corrected chi connectivity index (χ0v) is 13.2. The Hall–Kier alpha value is -2.01. The van der Waals surface area contributed by atoms with Gasteiger partial charge in [0.15, 0.2) is 0 Å². The normalized spacial score (nSPS) is 11.3. The predicted octanol–water partition coefficient (Wildman–Crippen LogP) is 3.06. The predicted molar refractivity (Wildman–Crippen MR) is 82.1 cm³/mol. The van der Waals surface area contributed by atoms with E-state index in [4.69, 9.17) is 11.6 Å². The van der Waals surface area contributed by atoms with Crippen LogP contribution in [0.15, 0.2) is 30.9 Å². The second-order valence-electron chi connectivity index (χ2n) is 5.72. The lowest BCUT2D eigenvalue weighted by atomic mass is 10.1. The van der Waals surface area contributed by atoms with Gasteiger partial charge in [-0.15, -0.1) is 0 Å². The summed E-state index contributed by atoms with van der Waals surface area (Å²) >= 11 is 5.90. The molecule has 2 heterocycles. The van der Waals surface area contributed by atoms with E-state index in [0.29, 0.717) is 5.02 Å². The molecule has 0 aliphatic heterocycles. The maximum absolute atomic E-state index is 12.3. The molecular formula is C15H17ClN4O. The maximum atomic E-state index is 12.3. The van der Waals surface area contributed by atoms with Crippen molar-refractivity contribution in [3.8, 4) is 11.1 Å². The molecule has 5 nitrogen and oxygen atoms in total. The van der Waals surface area contributed by atoms with Crippen LogP contribution < -0.4 is 0 Å². The third-order valence-corrected chi connectivity index (χ3v) is 3.40. The van der Waals surface area contributed by atoms with Gasteiger partial charge in [0.1, 0.15) is 0 Å². The van der Waals surface area contributed by atoms with Crippen molar-refractivity contribution in [3.63, 3.8) is 0 Å². The molecule has 0 saturated carbocycles. The number of hydrogen-bond donors (Lipinski definition) is 0. The molecule has 2 aromatic rings. The summed E-state index contributed by atoms with van der Waals surface area (Å²) in [5.74, 6) is -0.0376. The monoisotopic (exact) mass is 304 g/mol. The van der Waals surface area contributed by atoms with Crippen molar-refractivity contribution in [2.45, 2.75) is 26.3 Å². The van der Waals surface area contributed by atoms with Gasteiger partial charge in [-0.1, -0.05) is 11.6 Å². The van der Waals surface area contributed by atoms with E-state index in [1.807, 2.05) is 20.8 Å². The van der Waals surface area contributed by atoms with Gasteiger partial charge in [0.05, 0.1) is 5.02 Å². The Balaban J connectivity index is 2.25. The van der Waals surface area contributed by atoms with Gasteiger partial charge < -0.3 is 4.90 Å². The molecule has 21 heavy (non-hydrogen) atoms. The average molecular weight is 305 g/mol. The van der Waals surface area contributed by atoms with Gasteiger partial charge in [-0.05, 0) is 26.8 Å². The lowest BCUT2D eigenvalue weighted by molar-refractivity contribution is 0.0643. The molecule has 6 heteroatoms. The minimum absolute atomic E-state index is 0.172. The number of aromatic nitrogens is 3. The topological polar surface area (TPSA) is 59.0 Å². The SMILES string of the molecule is CN(C(=O)c1ncc(-c2cncc(Cl)c2)cn1)C(C)(C)C. The zero-order valence-electron chi connectivity index (χ0n) is 12.5. The molecule has 2 aromatic heterocycles. The highest BCUT2D eigenvalue weighted by Crippen LogP contribution is 2.20. The largest absolute Gasteiger partial charge is 0.334 e. The molecule has 0 saturated heterocycles. The minimum Gasteiger partial charge on any atom is -0.334 e. The Morgan fingerprint density at radius 1 is 1.10 bits per heavy atom. The molecule has 0 unspecified atom stereocenters. The van der Waals surface area contributed by atoms with Crippen LogP contribution in [-0.2, 0) is 0 Å². The molecule has 1 amide bonds. The van der Waals surface area contributed by atoms with Crippen LogP contribution in [-0.4, -0.2) is 38.3 Å². The summed E-state index contributed by atoms with van der Waals surface area (Å²) in [6.07, 6.45) is 6.43. The number of rotatable bonds is 2. The average Bonchev–Trinajstić information content (AvgIpc) is 2.45. The Morgan fingerprint density at radius 3 is 2.24 bits per heavy atom. The van der Waals surface area contributed by atoms with Gasteiger partial charge in [0, 0.05) is 48.5 Å². The summed E-state index contributed by atoms with van der Waals surface area (Å²) in [5.41, 5.74) is 1.29. The van der Waals surface area contributed by atoms with E-state index in [0.717, 1.165) is 11.1 Å². The molecule has 0 fully saturated rings. The lowest BCUT2D eigenvalue weighted by Gasteiger charge is -2.31. The standard InChI is InChI=1S/C15H17ClN4O/c1-15(2,3)20(4)14(21)13-18-7-11(8-19-13)10-5-12(16)9-17-6-10/h5-9H,1-4H3. The number of nitrogens with zero attached hydrogens (tertiary/aromatic N) is 4. The fourth-order valence-electron chi connectivity index (χ4n) is 1.61. The number of amides is 1. The molecule has 0 aromatic carbocycles. The van der Waals surface area contributed by atoms with Crippen LogP contribution in [0.25, 0.3) is 11.1 Å². The Labute approximate surface area is 129 Å². The molecule has 0 bridgehead atoms. The summed E-state index contributed by atoms with van der Waals surface area (Å²) < 4.78 is 0. The van der Waals surface area contributed by atoms with Crippen molar-refractivity contribution in [2.75, 3.05) is 7.05 Å². The minimum atomic E-state index is -0.282. The van der Waals surface area contributed by atoms with E-state index in [9.17, 15) is 4.79 Å². The Kier molecular flexibility index (Phi) is 4.23. The first-order chi connectivity index (χ1) is 9.79. The first-order valence-corrected chi connectivity index (χ1v) is 6.88. The fraction of sp³-hybridized carbons (Fsp3) is 0.333. The van der Waals surface area contributed by atoms with E-state index in [1.54, 1.807) is 42.8 Å². The van der Waals surface area contributed by atoms with Crippen LogP contribution in [0.4, 0.5) is 0 Å². The zero-order chi connectivity index (χ0) is 15.6. The summed E-state index contributed by atoms with van der Waals surface area (Å²) in [6, 6.07) is 1.77. The van der Waals surface area contributed by atoms with Crippen LogP contribution in [0.1, 0.15) is 31.4 Å². The highest BCUT2D eigenvalue weighted by molar-refractivity contribution is 6.30. The van der Waals surface area contributed by atoms with Crippen LogP contribution in [0.2, 0.25) is 5.02 Å². The number of pyridine rings is 1. The van der Waals surface area contributed by atoms with Crippen LogP contribution >= 0.6 is 11.6 Å². The third-order valence-electron chi connectivity index (χ3n) is 3.19. The smallest absolute Gasteiger partial charge is 0.291 e. The van der Waals surface area contributed by atoms with E-state index >= 15 is 0 Å². The molecular weight excluding hydrogens is 288 g/mol. The van der Waals surface area contributed by atoms with Crippen molar-refractivity contribution in [1.82, 2.24) is 19.9 Å². The van der Waals surface area contributed by atoms with Crippen LogP contribution in [0.5, 0.6) is 0 Å². The summed E-state index contributed by atoms with van der Waals surface area (Å²) in [7, 11) is 1.74. The lowest BCUT2D eigenvalue weighted by Crippen LogP contribution is -2.43. The summed E-state index contributed by atoms with van der Waals surface area (Å²) in [4.78, 5) is 26.2. The Morgan fingerprint density at radius 2 is 1.71 bits per heavy atom. The van der Waals surface area contributed by atoms with E-state index in [-0.39, 0.29) is 17.3 Å². The second-order valence-corrected chi connectivity index (χ2v) is 6.16. The van der Waals surface area contributed by atoms with Crippen molar-refractivity contribution >= 4 is 17.5 Å². The van der Waals surface area contributed by atoms with Crippen molar-refractivity contribution < 1.29 is 4.79 Å². The van der Waals surface area contributed by atoms with E-state index < -0.39 is 0 Å². The molecule has 110 valence electrons. The van der Waals surface area contributed by atoms with Crippen molar-refractivity contribution in [3.05, 3.63) is 41.7 Å². The van der Waals surface area contributed by atoms with Gasteiger partial charge in [0.25, 0.3) is 5.91 Å². The summed E-state index contributed by atoms with van der Waals surface area (Å²) in [6.45, 7) is 5.87. The third kappa shape index (κ3) is 3.55. The highest BCUT2D eigenvalue weighted by atomic mass is 35.5. The van der Waals surface area contributed by atoms with Crippen LogP contribution in [0.3, 0.4) is 0 Å². The number of carbonyl (C=O) groups excluding carboxylic acids is 1. The maximum Gasteiger partial charge on any atom is 0.291 e.